The fraction of sp³-hybridized carbons (Fsp3) is 0.333. The van der Waals surface area contributed by atoms with Crippen LogP contribution < -0.4 is 10.6 Å². The molecule has 1 aromatic heterocycles. The first kappa shape index (κ1) is 27.5. The predicted octanol–water partition coefficient (Wildman–Crippen LogP) is 6.71. The molecule has 2 N–H and O–H groups in total. The molecule has 0 saturated carbocycles. The van der Waals surface area contributed by atoms with Gasteiger partial charge in [0.2, 0.25) is 5.91 Å². The van der Waals surface area contributed by atoms with Crippen molar-refractivity contribution >= 4 is 68.4 Å². The highest BCUT2D eigenvalue weighted by Crippen LogP contribution is 2.28. The highest BCUT2D eigenvalue weighted by Gasteiger charge is 2.21. The minimum Gasteiger partial charge on any atom is -0.342 e. The minimum atomic E-state index is -0.413. The summed E-state index contributed by atoms with van der Waals surface area (Å²) in [6, 6.07) is 10.1. The van der Waals surface area contributed by atoms with Crippen molar-refractivity contribution in [3.63, 3.8) is 0 Å². The molecule has 3 rings (SSSR count). The van der Waals surface area contributed by atoms with Gasteiger partial charge in [0, 0.05) is 22.3 Å². The van der Waals surface area contributed by atoms with Gasteiger partial charge in [-0.2, -0.15) is 0 Å². The Morgan fingerprint density at radius 1 is 1.09 bits per heavy atom. The Kier molecular flexibility index (Phi) is 9.63. The summed E-state index contributed by atoms with van der Waals surface area (Å²) in [5, 5.41) is 15.7. The van der Waals surface area contributed by atoms with E-state index in [9.17, 15) is 9.59 Å². The third kappa shape index (κ3) is 7.00. The highest BCUT2D eigenvalue weighted by molar-refractivity contribution is 9.10. The van der Waals surface area contributed by atoms with Crippen molar-refractivity contribution in [3.05, 3.63) is 67.9 Å². The van der Waals surface area contributed by atoms with E-state index in [1.807, 2.05) is 36.6 Å². The van der Waals surface area contributed by atoms with E-state index >= 15 is 0 Å². The van der Waals surface area contributed by atoms with Crippen molar-refractivity contribution in [2.45, 2.75) is 51.4 Å². The molecule has 0 spiro atoms. The van der Waals surface area contributed by atoms with Crippen molar-refractivity contribution in [2.75, 3.05) is 11.1 Å². The SMILES string of the molecule is CCn1c(SCC(=O)Nc2ccc(Br)cc2C(C)C)nnc1[C@@H](C)NC(=O)c1ccc(Cl)c(Cl)c1. The second-order valence-corrected chi connectivity index (χ2v) is 10.8. The minimum absolute atomic E-state index is 0.132. The van der Waals surface area contributed by atoms with E-state index in [0.717, 1.165) is 15.7 Å². The molecule has 0 aliphatic carbocycles. The van der Waals surface area contributed by atoms with Crippen molar-refractivity contribution in [1.82, 2.24) is 20.1 Å². The van der Waals surface area contributed by atoms with Gasteiger partial charge in [-0.1, -0.05) is 64.7 Å². The fourth-order valence-corrected chi connectivity index (χ4v) is 4.93. The van der Waals surface area contributed by atoms with Gasteiger partial charge in [0.25, 0.3) is 5.91 Å². The number of rotatable bonds is 9. The van der Waals surface area contributed by atoms with E-state index in [-0.39, 0.29) is 23.5 Å². The lowest BCUT2D eigenvalue weighted by molar-refractivity contribution is -0.113. The Morgan fingerprint density at radius 3 is 2.49 bits per heavy atom. The highest BCUT2D eigenvalue weighted by atomic mass is 79.9. The number of benzene rings is 2. The summed E-state index contributed by atoms with van der Waals surface area (Å²) in [5.74, 6) is 0.606. The Labute approximate surface area is 227 Å². The van der Waals surface area contributed by atoms with Gasteiger partial charge in [-0.05, 0) is 61.7 Å². The van der Waals surface area contributed by atoms with Gasteiger partial charge >= 0.3 is 0 Å². The Hall–Kier alpha value is -2.07. The zero-order valence-electron chi connectivity index (χ0n) is 19.7. The molecule has 11 heteroatoms. The van der Waals surface area contributed by atoms with E-state index in [1.54, 1.807) is 12.1 Å². The molecular weight excluding hydrogens is 573 g/mol. The second-order valence-electron chi connectivity index (χ2n) is 8.13. The van der Waals surface area contributed by atoms with Gasteiger partial charge < -0.3 is 15.2 Å². The van der Waals surface area contributed by atoms with Gasteiger partial charge in [0.05, 0.1) is 21.8 Å². The summed E-state index contributed by atoms with van der Waals surface area (Å²) in [6.07, 6.45) is 0. The summed E-state index contributed by atoms with van der Waals surface area (Å²) in [7, 11) is 0. The number of anilines is 1. The topological polar surface area (TPSA) is 88.9 Å². The number of halogens is 3. The number of nitrogens with one attached hydrogen (secondary N) is 2. The molecule has 0 bridgehead atoms. The van der Waals surface area contributed by atoms with Gasteiger partial charge in [-0.3, -0.25) is 9.59 Å². The van der Waals surface area contributed by atoms with Crippen LogP contribution in [0.5, 0.6) is 0 Å². The van der Waals surface area contributed by atoms with Crippen LogP contribution in [0, 0.1) is 0 Å². The van der Waals surface area contributed by atoms with Crippen LogP contribution in [0.3, 0.4) is 0 Å². The molecule has 186 valence electrons. The number of amides is 2. The van der Waals surface area contributed by atoms with E-state index in [1.165, 1.54) is 17.8 Å². The molecule has 0 fully saturated rings. The summed E-state index contributed by atoms with van der Waals surface area (Å²) in [6.45, 7) is 8.54. The van der Waals surface area contributed by atoms with Crippen LogP contribution in [0.25, 0.3) is 0 Å². The third-order valence-electron chi connectivity index (χ3n) is 5.22. The van der Waals surface area contributed by atoms with E-state index in [2.05, 4.69) is 50.6 Å². The zero-order chi connectivity index (χ0) is 25.7. The van der Waals surface area contributed by atoms with Gasteiger partial charge in [-0.15, -0.1) is 10.2 Å². The molecule has 0 unspecified atom stereocenters. The predicted molar refractivity (Wildman–Crippen MR) is 146 cm³/mol. The second kappa shape index (κ2) is 12.3. The lowest BCUT2D eigenvalue weighted by Crippen LogP contribution is -2.28. The number of carbonyl (C=O) groups excluding carboxylic acids is 2. The van der Waals surface area contributed by atoms with E-state index < -0.39 is 6.04 Å². The number of carbonyl (C=O) groups is 2. The van der Waals surface area contributed by atoms with Crippen LogP contribution in [0.2, 0.25) is 10.0 Å². The number of thioether (sulfide) groups is 1. The third-order valence-corrected chi connectivity index (χ3v) is 7.42. The largest absolute Gasteiger partial charge is 0.342 e. The number of nitrogens with zero attached hydrogens (tertiary/aromatic N) is 3. The van der Waals surface area contributed by atoms with Crippen LogP contribution >= 0.6 is 50.9 Å². The summed E-state index contributed by atoms with van der Waals surface area (Å²) >= 11 is 16.7. The zero-order valence-corrected chi connectivity index (χ0v) is 23.6. The van der Waals surface area contributed by atoms with Crippen LogP contribution in [-0.2, 0) is 11.3 Å². The number of aromatic nitrogens is 3. The molecule has 0 aliphatic heterocycles. The normalized spacial score (nSPS) is 12.0. The Bertz CT molecular complexity index is 1230. The average molecular weight is 599 g/mol. The average Bonchev–Trinajstić information content (AvgIpc) is 3.23. The quantitative estimate of drug-likeness (QED) is 0.267. The fourth-order valence-electron chi connectivity index (χ4n) is 3.45. The van der Waals surface area contributed by atoms with Crippen LogP contribution in [0.4, 0.5) is 5.69 Å². The first-order chi connectivity index (χ1) is 16.6. The molecule has 1 atom stereocenters. The first-order valence-electron chi connectivity index (χ1n) is 11.0. The molecule has 0 radical (unpaired) electrons. The van der Waals surface area contributed by atoms with Crippen LogP contribution in [-0.4, -0.2) is 32.3 Å². The first-order valence-corrected chi connectivity index (χ1v) is 13.5. The Balaban J connectivity index is 1.65. The van der Waals surface area contributed by atoms with Gasteiger partial charge in [0.1, 0.15) is 0 Å². The number of hydrogen-bond donors (Lipinski definition) is 2. The van der Waals surface area contributed by atoms with Crippen molar-refractivity contribution in [3.8, 4) is 0 Å². The van der Waals surface area contributed by atoms with E-state index in [0.29, 0.717) is 33.1 Å². The molecule has 1 heterocycles. The smallest absolute Gasteiger partial charge is 0.251 e. The van der Waals surface area contributed by atoms with Crippen LogP contribution in [0.1, 0.15) is 61.4 Å². The maximum atomic E-state index is 12.7. The molecule has 0 saturated heterocycles. The summed E-state index contributed by atoms with van der Waals surface area (Å²) in [4.78, 5) is 25.3. The van der Waals surface area contributed by atoms with Crippen molar-refractivity contribution in [1.29, 1.82) is 0 Å². The summed E-state index contributed by atoms with van der Waals surface area (Å²) < 4.78 is 2.86. The van der Waals surface area contributed by atoms with Crippen molar-refractivity contribution in [2.24, 2.45) is 0 Å². The molecule has 2 aromatic carbocycles. The monoisotopic (exact) mass is 597 g/mol. The van der Waals surface area contributed by atoms with E-state index in [4.69, 9.17) is 23.2 Å². The Morgan fingerprint density at radius 2 is 1.83 bits per heavy atom. The lowest BCUT2D eigenvalue weighted by atomic mass is 10.0. The lowest BCUT2D eigenvalue weighted by Gasteiger charge is -2.16. The maximum Gasteiger partial charge on any atom is 0.251 e. The molecular formula is C24H26BrCl2N5O2S. The standard InChI is InChI=1S/C24H26BrCl2N5O2S/c1-5-32-22(14(4)28-23(34)15-6-8-18(26)19(27)10-15)30-31-24(32)35-12-21(33)29-20-9-7-16(25)11-17(20)13(2)3/h6-11,13-14H,5,12H2,1-4H3,(H,28,34)(H,29,33)/t14-/m1/s1. The molecule has 35 heavy (non-hydrogen) atoms. The molecule has 3 aromatic rings. The van der Waals surface area contributed by atoms with Gasteiger partial charge in [-0.25, -0.2) is 0 Å². The molecule has 2 amide bonds. The van der Waals surface area contributed by atoms with Gasteiger partial charge in [0.15, 0.2) is 11.0 Å². The molecule has 7 nitrogen and oxygen atoms in total. The van der Waals surface area contributed by atoms with Crippen LogP contribution in [0.15, 0.2) is 46.0 Å². The maximum absolute atomic E-state index is 12.7. The van der Waals surface area contributed by atoms with Crippen molar-refractivity contribution < 1.29 is 9.59 Å². The molecule has 0 aliphatic rings. The number of hydrogen-bond acceptors (Lipinski definition) is 5. The summed E-state index contributed by atoms with van der Waals surface area (Å²) in [5.41, 5.74) is 2.25.